The van der Waals surface area contributed by atoms with E-state index in [1.165, 1.54) is 0 Å². The van der Waals surface area contributed by atoms with Crippen molar-refractivity contribution in [1.29, 1.82) is 0 Å². The maximum absolute atomic E-state index is 13.4. The third kappa shape index (κ3) is 5.89. The number of hydrogen-bond acceptors (Lipinski definition) is 4. The van der Waals surface area contributed by atoms with Gasteiger partial charge in [0.05, 0.1) is 12.2 Å². The van der Waals surface area contributed by atoms with Crippen LogP contribution in [0.5, 0.6) is 5.75 Å². The Morgan fingerprint density at radius 3 is 2.50 bits per heavy atom. The standard InChI is InChI=1S/C30H28ClN3O4/c31-24-14-10-22(11-15-24)20-34-25-5-1-2-6-26(25)38-27(30(34)37)19-21-8-12-23(13-9-21)29(36)32-16-4-18-33-17-3-7-28(33)35/h1-2,5-6,8-15,19H,3-4,7,16-18,20H2,(H,32,36). The Balaban J connectivity index is 1.25. The average Bonchev–Trinajstić information content (AvgIpc) is 3.34. The van der Waals surface area contributed by atoms with Gasteiger partial charge in [-0.3, -0.25) is 19.3 Å². The van der Waals surface area contributed by atoms with Crippen molar-refractivity contribution in [1.82, 2.24) is 10.2 Å². The number of nitrogens with zero attached hydrogens (tertiary/aromatic N) is 2. The van der Waals surface area contributed by atoms with Gasteiger partial charge >= 0.3 is 0 Å². The number of hydrogen-bond donors (Lipinski definition) is 1. The summed E-state index contributed by atoms with van der Waals surface area (Å²) in [6.07, 6.45) is 3.94. The largest absolute Gasteiger partial charge is 0.449 e. The van der Waals surface area contributed by atoms with E-state index in [1.54, 1.807) is 47.4 Å². The predicted molar refractivity (Wildman–Crippen MR) is 147 cm³/mol. The maximum Gasteiger partial charge on any atom is 0.294 e. The molecule has 0 aromatic heterocycles. The summed E-state index contributed by atoms with van der Waals surface area (Å²) < 4.78 is 5.97. The van der Waals surface area contributed by atoms with Crippen molar-refractivity contribution in [3.63, 3.8) is 0 Å². The third-order valence-electron chi connectivity index (χ3n) is 6.62. The van der Waals surface area contributed by atoms with Crippen molar-refractivity contribution in [2.45, 2.75) is 25.8 Å². The number of carbonyl (C=O) groups excluding carboxylic acids is 3. The van der Waals surface area contributed by atoms with Crippen molar-refractivity contribution in [3.8, 4) is 5.75 Å². The molecule has 2 aliphatic rings. The summed E-state index contributed by atoms with van der Waals surface area (Å²) in [6.45, 7) is 2.34. The van der Waals surface area contributed by atoms with E-state index >= 15 is 0 Å². The van der Waals surface area contributed by atoms with Crippen molar-refractivity contribution >= 4 is 41.1 Å². The van der Waals surface area contributed by atoms with Gasteiger partial charge in [0, 0.05) is 36.6 Å². The van der Waals surface area contributed by atoms with E-state index in [4.69, 9.17) is 16.3 Å². The van der Waals surface area contributed by atoms with Gasteiger partial charge in [-0.05, 0) is 66.4 Å². The van der Waals surface area contributed by atoms with E-state index in [0.29, 0.717) is 48.1 Å². The van der Waals surface area contributed by atoms with Gasteiger partial charge in [-0.15, -0.1) is 0 Å². The number of rotatable bonds is 8. The Kier molecular flexibility index (Phi) is 7.75. The van der Waals surface area contributed by atoms with Crippen LogP contribution in [0.1, 0.15) is 40.7 Å². The molecule has 8 heteroatoms. The minimum atomic E-state index is -0.253. The summed E-state index contributed by atoms with van der Waals surface area (Å²) in [7, 11) is 0. The first kappa shape index (κ1) is 25.5. The fourth-order valence-electron chi connectivity index (χ4n) is 4.59. The fourth-order valence-corrected chi connectivity index (χ4v) is 4.71. The molecule has 3 aromatic rings. The molecule has 0 spiro atoms. The van der Waals surface area contributed by atoms with E-state index in [2.05, 4.69) is 5.32 Å². The number of para-hydroxylation sites is 2. The summed E-state index contributed by atoms with van der Waals surface area (Å²) in [5.41, 5.74) is 2.91. The van der Waals surface area contributed by atoms with Crippen LogP contribution in [0.25, 0.3) is 6.08 Å². The zero-order chi connectivity index (χ0) is 26.5. The van der Waals surface area contributed by atoms with Crippen LogP contribution in [-0.2, 0) is 16.1 Å². The first-order chi connectivity index (χ1) is 18.5. The molecule has 2 aliphatic heterocycles. The van der Waals surface area contributed by atoms with E-state index in [9.17, 15) is 14.4 Å². The lowest BCUT2D eigenvalue weighted by atomic mass is 10.1. The monoisotopic (exact) mass is 529 g/mol. The lowest BCUT2D eigenvalue weighted by Gasteiger charge is -2.30. The molecular formula is C30H28ClN3O4. The smallest absolute Gasteiger partial charge is 0.294 e. The molecule has 5 rings (SSSR count). The average molecular weight is 530 g/mol. The van der Waals surface area contributed by atoms with Crippen molar-refractivity contribution in [2.24, 2.45) is 0 Å². The van der Waals surface area contributed by atoms with Crippen LogP contribution in [-0.4, -0.2) is 42.3 Å². The van der Waals surface area contributed by atoms with Gasteiger partial charge in [0.25, 0.3) is 11.8 Å². The highest BCUT2D eigenvalue weighted by Gasteiger charge is 2.30. The molecule has 0 bridgehead atoms. The van der Waals surface area contributed by atoms with Gasteiger partial charge in [-0.1, -0.05) is 48.0 Å². The Morgan fingerprint density at radius 2 is 1.76 bits per heavy atom. The van der Waals surface area contributed by atoms with Crippen LogP contribution < -0.4 is 15.0 Å². The Bertz CT molecular complexity index is 1370. The molecule has 2 heterocycles. The molecule has 0 atom stereocenters. The van der Waals surface area contributed by atoms with Crippen LogP contribution in [0.2, 0.25) is 5.02 Å². The molecular weight excluding hydrogens is 502 g/mol. The molecule has 0 aliphatic carbocycles. The molecule has 1 saturated heterocycles. The molecule has 38 heavy (non-hydrogen) atoms. The maximum atomic E-state index is 13.4. The number of carbonyl (C=O) groups is 3. The quantitative estimate of drug-likeness (QED) is 0.327. The molecule has 1 fully saturated rings. The van der Waals surface area contributed by atoms with Gasteiger partial charge in [0.1, 0.15) is 0 Å². The normalized spacial score (nSPS) is 16.0. The van der Waals surface area contributed by atoms with Gasteiger partial charge in [0.2, 0.25) is 5.91 Å². The second-order valence-electron chi connectivity index (χ2n) is 9.31. The topological polar surface area (TPSA) is 79.0 Å². The first-order valence-electron chi connectivity index (χ1n) is 12.7. The van der Waals surface area contributed by atoms with Crippen LogP contribution in [0, 0.1) is 0 Å². The second-order valence-corrected chi connectivity index (χ2v) is 9.75. The number of halogens is 1. The van der Waals surface area contributed by atoms with Gasteiger partial charge < -0.3 is 15.0 Å². The van der Waals surface area contributed by atoms with Crippen LogP contribution >= 0.6 is 11.6 Å². The minimum absolute atomic E-state index is 0.176. The number of amides is 3. The summed E-state index contributed by atoms with van der Waals surface area (Å²) in [4.78, 5) is 41.2. The molecule has 7 nitrogen and oxygen atoms in total. The number of anilines is 1. The summed E-state index contributed by atoms with van der Waals surface area (Å²) in [6, 6.07) is 21.8. The highest BCUT2D eigenvalue weighted by molar-refractivity contribution is 6.30. The SMILES string of the molecule is O=C(NCCCN1CCCC1=O)c1ccc(C=C2Oc3ccccc3N(Cc3ccc(Cl)cc3)C2=O)cc1. The highest BCUT2D eigenvalue weighted by atomic mass is 35.5. The zero-order valence-corrected chi connectivity index (χ0v) is 21.6. The van der Waals surface area contributed by atoms with Crippen LogP contribution in [0.4, 0.5) is 5.69 Å². The first-order valence-corrected chi connectivity index (χ1v) is 13.1. The number of benzene rings is 3. The Hall–Kier alpha value is -4.10. The van der Waals surface area contributed by atoms with Crippen molar-refractivity contribution < 1.29 is 19.1 Å². The number of nitrogens with one attached hydrogen (secondary N) is 1. The Labute approximate surface area is 226 Å². The van der Waals surface area contributed by atoms with Gasteiger partial charge in [0.15, 0.2) is 11.5 Å². The molecule has 194 valence electrons. The zero-order valence-electron chi connectivity index (χ0n) is 20.9. The van der Waals surface area contributed by atoms with E-state index < -0.39 is 0 Å². The molecule has 3 aromatic carbocycles. The highest BCUT2D eigenvalue weighted by Crippen LogP contribution is 2.36. The lowest BCUT2D eigenvalue weighted by Crippen LogP contribution is -2.36. The fraction of sp³-hybridized carbons (Fsp3) is 0.233. The summed E-state index contributed by atoms with van der Waals surface area (Å²) >= 11 is 6.02. The van der Waals surface area contributed by atoms with E-state index in [0.717, 1.165) is 30.5 Å². The minimum Gasteiger partial charge on any atom is -0.449 e. The van der Waals surface area contributed by atoms with Crippen molar-refractivity contribution in [2.75, 3.05) is 24.5 Å². The van der Waals surface area contributed by atoms with E-state index in [-0.39, 0.29) is 23.5 Å². The van der Waals surface area contributed by atoms with E-state index in [1.807, 2.05) is 41.3 Å². The van der Waals surface area contributed by atoms with Gasteiger partial charge in [-0.2, -0.15) is 0 Å². The molecule has 0 saturated carbocycles. The third-order valence-corrected chi connectivity index (χ3v) is 6.87. The second kappa shape index (κ2) is 11.5. The number of likely N-dealkylation sites (tertiary alicyclic amines) is 1. The van der Waals surface area contributed by atoms with Crippen molar-refractivity contribution in [3.05, 3.63) is 100 Å². The molecule has 1 N–H and O–H groups in total. The summed E-state index contributed by atoms with van der Waals surface area (Å²) in [5.74, 6) is 0.560. The van der Waals surface area contributed by atoms with Crippen LogP contribution in [0.3, 0.4) is 0 Å². The molecule has 0 unspecified atom stereocenters. The lowest BCUT2D eigenvalue weighted by molar-refractivity contribution is -0.127. The Morgan fingerprint density at radius 1 is 1.00 bits per heavy atom. The predicted octanol–water partition coefficient (Wildman–Crippen LogP) is 5.05. The van der Waals surface area contributed by atoms with Crippen LogP contribution in [0.15, 0.2) is 78.6 Å². The number of ether oxygens (including phenoxy) is 1. The number of fused-ring (bicyclic) bond motifs is 1. The summed E-state index contributed by atoms with van der Waals surface area (Å²) in [5, 5.41) is 3.54. The molecule has 0 radical (unpaired) electrons. The molecule has 3 amide bonds. The van der Waals surface area contributed by atoms with Gasteiger partial charge in [-0.25, -0.2) is 0 Å².